The first-order chi connectivity index (χ1) is 11.3. The number of aliphatic hydroxyl groups excluding tert-OH is 5. The summed E-state index contributed by atoms with van der Waals surface area (Å²) in [5.74, 6) is -1.64. The Bertz CT molecular complexity index is 507. The topological polar surface area (TPSA) is 110 Å². The summed E-state index contributed by atoms with van der Waals surface area (Å²) in [7, 11) is 0. The molecule has 5 N–H and O–H groups in total. The van der Waals surface area contributed by atoms with Crippen LogP contribution in [0.2, 0.25) is 0 Å². The van der Waals surface area contributed by atoms with Crippen molar-refractivity contribution in [2.45, 2.75) is 43.5 Å². The van der Waals surface area contributed by atoms with Crippen LogP contribution in [0.3, 0.4) is 0 Å². The van der Waals surface area contributed by atoms with Crippen molar-refractivity contribution in [3.63, 3.8) is 0 Å². The molecule has 0 aliphatic carbocycles. The zero-order valence-electron chi connectivity index (χ0n) is 12.9. The van der Waals surface area contributed by atoms with Crippen molar-refractivity contribution < 1.29 is 39.1 Å². The number of halogens is 2. The van der Waals surface area contributed by atoms with Gasteiger partial charge in [0.05, 0.1) is 19.3 Å². The predicted molar refractivity (Wildman–Crippen MR) is 80.9 cm³/mol. The van der Waals surface area contributed by atoms with Gasteiger partial charge in [-0.25, -0.2) is 8.78 Å². The first kappa shape index (κ1) is 20.6. The highest BCUT2D eigenvalue weighted by Gasteiger charge is 2.35. The maximum atomic E-state index is 13.6. The van der Waals surface area contributed by atoms with Crippen LogP contribution >= 0.6 is 0 Å². The van der Waals surface area contributed by atoms with Crippen molar-refractivity contribution in [1.82, 2.24) is 0 Å². The molecule has 0 amide bonds. The van der Waals surface area contributed by atoms with Gasteiger partial charge in [0.1, 0.15) is 36.1 Å². The summed E-state index contributed by atoms with van der Waals surface area (Å²) in [5, 5.41) is 47.6. The molecule has 0 radical (unpaired) electrons. The molecule has 0 aliphatic heterocycles. The third-order valence-electron chi connectivity index (χ3n) is 3.56. The van der Waals surface area contributed by atoms with Crippen molar-refractivity contribution in [3.05, 3.63) is 48.1 Å². The lowest BCUT2D eigenvalue weighted by Crippen LogP contribution is -2.50. The van der Waals surface area contributed by atoms with Gasteiger partial charge in [0.15, 0.2) is 0 Å². The van der Waals surface area contributed by atoms with E-state index in [9.17, 15) is 29.2 Å². The molecule has 24 heavy (non-hydrogen) atoms. The third-order valence-corrected chi connectivity index (χ3v) is 3.56. The molecule has 1 aromatic carbocycles. The molecule has 5 unspecified atom stereocenters. The van der Waals surface area contributed by atoms with Crippen LogP contribution in [0.4, 0.5) is 8.78 Å². The van der Waals surface area contributed by atoms with Gasteiger partial charge in [-0.05, 0) is 18.6 Å². The first-order valence-corrected chi connectivity index (χ1v) is 7.32. The summed E-state index contributed by atoms with van der Waals surface area (Å²) < 4.78 is 32.4. The molecule has 0 bridgehead atoms. The highest BCUT2D eigenvalue weighted by molar-refractivity contribution is 5.18. The van der Waals surface area contributed by atoms with Crippen LogP contribution in [0.25, 0.3) is 0 Å². The van der Waals surface area contributed by atoms with E-state index >= 15 is 0 Å². The Hall–Kier alpha value is -1.42. The van der Waals surface area contributed by atoms with Gasteiger partial charge in [0.2, 0.25) is 0 Å². The second kappa shape index (κ2) is 9.77. The summed E-state index contributed by atoms with van der Waals surface area (Å²) in [6.45, 7) is 2.12. The van der Waals surface area contributed by atoms with E-state index in [1.807, 2.05) is 0 Å². The lowest BCUT2D eigenvalue weighted by Gasteiger charge is -2.30. The van der Waals surface area contributed by atoms with Gasteiger partial charge in [0, 0.05) is 5.56 Å². The smallest absolute Gasteiger partial charge is 0.131 e. The zero-order valence-corrected chi connectivity index (χ0v) is 12.9. The van der Waals surface area contributed by atoms with Crippen molar-refractivity contribution in [2.24, 2.45) is 0 Å². The van der Waals surface area contributed by atoms with E-state index in [0.717, 1.165) is 12.1 Å². The summed E-state index contributed by atoms with van der Waals surface area (Å²) in [5.41, 5.74) is -0.343. The maximum Gasteiger partial charge on any atom is 0.131 e. The van der Waals surface area contributed by atoms with Gasteiger partial charge < -0.3 is 30.3 Å². The molecule has 0 saturated carbocycles. The minimum atomic E-state index is -1.84. The predicted octanol–water partition coefficient (Wildman–Crippen LogP) is -0.138. The third kappa shape index (κ3) is 5.30. The molecule has 5 atom stereocenters. The largest absolute Gasteiger partial charge is 0.394 e. The maximum absolute atomic E-state index is 13.6. The quantitative estimate of drug-likeness (QED) is 0.377. The molecule has 0 aliphatic rings. The Kier molecular flexibility index (Phi) is 8.40. The van der Waals surface area contributed by atoms with Crippen molar-refractivity contribution in [1.29, 1.82) is 0 Å². The van der Waals surface area contributed by atoms with Gasteiger partial charge in [-0.3, -0.25) is 0 Å². The fourth-order valence-electron chi connectivity index (χ4n) is 2.09. The average Bonchev–Trinajstić information content (AvgIpc) is 2.57. The van der Waals surface area contributed by atoms with Gasteiger partial charge in [-0.2, -0.15) is 0 Å². The second-order valence-electron chi connectivity index (χ2n) is 5.30. The Balaban J connectivity index is 2.80. The van der Waals surface area contributed by atoms with Gasteiger partial charge in [-0.1, -0.05) is 12.1 Å². The minimum absolute atomic E-state index is 0.0102. The summed E-state index contributed by atoms with van der Waals surface area (Å²) in [4.78, 5) is 0. The molecule has 8 heteroatoms. The standard InChI is InChI=1S/C16H22F2O6/c1-2-4-13(15(22)16(23)14(21)12(20)7-19)24-8-9-10(17)5-3-6-11(9)18/h2-3,5-6,12-16,19-23H,1,4,7-8H2. The van der Waals surface area contributed by atoms with Gasteiger partial charge >= 0.3 is 0 Å². The molecular weight excluding hydrogens is 326 g/mol. The molecule has 6 nitrogen and oxygen atoms in total. The Morgan fingerprint density at radius 2 is 1.62 bits per heavy atom. The van der Waals surface area contributed by atoms with E-state index in [1.54, 1.807) is 0 Å². The Morgan fingerprint density at radius 3 is 2.12 bits per heavy atom. The van der Waals surface area contributed by atoms with Gasteiger partial charge in [0.25, 0.3) is 0 Å². The number of rotatable bonds is 10. The zero-order chi connectivity index (χ0) is 18.3. The average molecular weight is 348 g/mol. The molecule has 0 aromatic heterocycles. The van der Waals surface area contributed by atoms with Crippen molar-refractivity contribution in [2.75, 3.05) is 6.61 Å². The lowest BCUT2D eigenvalue weighted by molar-refractivity contribution is -0.152. The van der Waals surface area contributed by atoms with Crippen LogP contribution in [-0.2, 0) is 11.3 Å². The fourth-order valence-corrected chi connectivity index (χ4v) is 2.09. The van der Waals surface area contributed by atoms with E-state index < -0.39 is 55.4 Å². The normalized spacial score (nSPS) is 17.8. The van der Waals surface area contributed by atoms with Crippen molar-refractivity contribution >= 4 is 0 Å². The number of ether oxygens (including phenoxy) is 1. The molecule has 0 spiro atoms. The van der Waals surface area contributed by atoms with Gasteiger partial charge in [-0.15, -0.1) is 6.58 Å². The number of hydrogen-bond acceptors (Lipinski definition) is 6. The SMILES string of the molecule is C=CCC(OCc1c(F)cccc1F)C(O)C(O)C(O)C(O)CO. The van der Waals surface area contributed by atoms with Crippen LogP contribution in [0.1, 0.15) is 12.0 Å². The van der Waals surface area contributed by atoms with E-state index in [1.165, 1.54) is 12.1 Å². The molecule has 0 heterocycles. The minimum Gasteiger partial charge on any atom is -0.394 e. The summed E-state index contributed by atoms with van der Waals surface area (Å²) in [6.07, 6.45) is -6.80. The number of aliphatic hydroxyl groups is 5. The fraction of sp³-hybridized carbons (Fsp3) is 0.500. The van der Waals surface area contributed by atoms with E-state index in [4.69, 9.17) is 9.84 Å². The van der Waals surface area contributed by atoms with Crippen LogP contribution in [0.5, 0.6) is 0 Å². The lowest BCUT2D eigenvalue weighted by atomic mass is 9.97. The molecular formula is C16H22F2O6. The Morgan fingerprint density at radius 1 is 1.04 bits per heavy atom. The summed E-state index contributed by atoms with van der Waals surface area (Å²) in [6, 6.07) is 3.30. The number of benzene rings is 1. The van der Waals surface area contributed by atoms with Crippen LogP contribution in [-0.4, -0.2) is 62.7 Å². The first-order valence-electron chi connectivity index (χ1n) is 7.32. The van der Waals surface area contributed by atoms with E-state index in [0.29, 0.717) is 0 Å². The van der Waals surface area contributed by atoms with Crippen LogP contribution in [0, 0.1) is 11.6 Å². The highest BCUT2D eigenvalue weighted by Crippen LogP contribution is 2.19. The summed E-state index contributed by atoms with van der Waals surface area (Å²) >= 11 is 0. The molecule has 0 fully saturated rings. The Labute approximate surface area is 138 Å². The monoisotopic (exact) mass is 348 g/mol. The highest BCUT2D eigenvalue weighted by atomic mass is 19.1. The number of hydrogen-bond donors (Lipinski definition) is 5. The molecule has 1 rings (SSSR count). The van der Waals surface area contributed by atoms with Crippen LogP contribution in [0.15, 0.2) is 30.9 Å². The molecule has 136 valence electrons. The van der Waals surface area contributed by atoms with E-state index in [-0.39, 0.29) is 12.0 Å². The molecule has 0 saturated heterocycles. The second-order valence-corrected chi connectivity index (χ2v) is 5.30. The van der Waals surface area contributed by atoms with E-state index in [2.05, 4.69) is 6.58 Å². The van der Waals surface area contributed by atoms with Crippen LogP contribution < -0.4 is 0 Å². The van der Waals surface area contributed by atoms with Crippen molar-refractivity contribution in [3.8, 4) is 0 Å². The molecule has 1 aromatic rings.